The molecule has 2 unspecified atom stereocenters. The molecule has 5 nitrogen and oxygen atoms in total. The second kappa shape index (κ2) is 4.55. The lowest BCUT2D eigenvalue weighted by Gasteiger charge is -2.28. The maximum Gasteiger partial charge on any atom is 0.325 e. The van der Waals surface area contributed by atoms with Gasteiger partial charge in [-0.3, -0.25) is 9.36 Å². The Bertz CT molecular complexity index is 421. The largest absolute Gasteiger partial charge is 0.481 e. The Morgan fingerprint density at radius 2 is 2.25 bits per heavy atom. The zero-order chi connectivity index (χ0) is 11.5. The SMILES string of the molecule is O=C(O)C1CCCCC1Cn1cc[nH]c1=O. The van der Waals surface area contributed by atoms with E-state index in [4.69, 9.17) is 5.11 Å². The molecule has 1 heterocycles. The fourth-order valence-corrected chi connectivity index (χ4v) is 2.50. The van der Waals surface area contributed by atoms with Gasteiger partial charge in [-0.2, -0.15) is 0 Å². The number of H-pyrrole nitrogens is 1. The van der Waals surface area contributed by atoms with Crippen molar-refractivity contribution in [2.24, 2.45) is 11.8 Å². The van der Waals surface area contributed by atoms with Crippen LogP contribution < -0.4 is 5.69 Å². The predicted octanol–water partition coefficient (Wildman–Crippen LogP) is 1.07. The number of imidazole rings is 1. The molecule has 2 N–H and O–H groups in total. The number of rotatable bonds is 3. The monoisotopic (exact) mass is 224 g/mol. The van der Waals surface area contributed by atoms with Gasteiger partial charge in [0.1, 0.15) is 0 Å². The molecule has 1 aliphatic carbocycles. The molecule has 0 amide bonds. The third-order valence-corrected chi connectivity index (χ3v) is 3.38. The number of hydrogen-bond donors (Lipinski definition) is 2. The van der Waals surface area contributed by atoms with E-state index in [0.717, 1.165) is 25.7 Å². The predicted molar refractivity (Wildman–Crippen MR) is 58.1 cm³/mol. The van der Waals surface area contributed by atoms with Crippen LogP contribution >= 0.6 is 0 Å². The number of aromatic amines is 1. The van der Waals surface area contributed by atoms with Crippen molar-refractivity contribution in [3.8, 4) is 0 Å². The highest BCUT2D eigenvalue weighted by atomic mass is 16.4. The first-order chi connectivity index (χ1) is 7.68. The van der Waals surface area contributed by atoms with E-state index >= 15 is 0 Å². The van der Waals surface area contributed by atoms with Crippen molar-refractivity contribution in [2.45, 2.75) is 32.2 Å². The number of nitrogens with zero attached hydrogens (tertiary/aromatic N) is 1. The smallest absolute Gasteiger partial charge is 0.325 e. The Hall–Kier alpha value is -1.52. The Labute approximate surface area is 93.1 Å². The van der Waals surface area contributed by atoms with Crippen molar-refractivity contribution in [1.29, 1.82) is 0 Å². The Kier molecular flexibility index (Phi) is 3.12. The number of aliphatic carboxylic acids is 1. The summed E-state index contributed by atoms with van der Waals surface area (Å²) in [4.78, 5) is 25.0. The number of carbonyl (C=O) groups is 1. The van der Waals surface area contributed by atoms with Crippen molar-refractivity contribution in [3.63, 3.8) is 0 Å². The number of aromatic nitrogens is 2. The van der Waals surface area contributed by atoms with Crippen LogP contribution in [0, 0.1) is 11.8 Å². The number of carboxylic acid groups (broad SMARTS) is 1. The van der Waals surface area contributed by atoms with Crippen LogP contribution in [0.4, 0.5) is 0 Å². The highest BCUT2D eigenvalue weighted by molar-refractivity contribution is 5.70. The molecule has 88 valence electrons. The molecule has 0 saturated heterocycles. The van der Waals surface area contributed by atoms with Gasteiger partial charge in [0.05, 0.1) is 5.92 Å². The van der Waals surface area contributed by atoms with Gasteiger partial charge < -0.3 is 10.1 Å². The van der Waals surface area contributed by atoms with E-state index < -0.39 is 5.97 Å². The summed E-state index contributed by atoms with van der Waals surface area (Å²) < 4.78 is 1.56. The average molecular weight is 224 g/mol. The van der Waals surface area contributed by atoms with Gasteiger partial charge in [-0.1, -0.05) is 12.8 Å². The van der Waals surface area contributed by atoms with Gasteiger partial charge in [-0.15, -0.1) is 0 Å². The van der Waals surface area contributed by atoms with Crippen LogP contribution in [-0.2, 0) is 11.3 Å². The maximum atomic E-state index is 11.3. The molecule has 0 spiro atoms. The molecule has 0 aromatic carbocycles. The molecule has 5 heteroatoms. The second-order valence-electron chi connectivity index (χ2n) is 4.41. The van der Waals surface area contributed by atoms with Gasteiger partial charge in [0.25, 0.3) is 0 Å². The van der Waals surface area contributed by atoms with Crippen molar-refractivity contribution in [2.75, 3.05) is 0 Å². The minimum Gasteiger partial charge on any atom is -0.481 e. The van der Waals surface area contributed by atoms with Crippen LogP contribution in [0.5, 0.6) is 0 Å². The minimum absolute atomic E-state index is 0.0831. The first-order valence-corrected chi connectivity index (χ1v) is 5.65. The molecule has 1 aromatic heterocycles. The summed E-state index contributed by atoms with van der Waals surface area (Å²) >= 11 is 0. The molecule has 0 aliphatic heterocycles. The van der Waals surface area contributed by atoms with Gasteiger partial charge >= 0.3 is 11.7 Å². The summed E-state index contributed by atoms with van der Waals surface area (Å²) in [7, 11) is 0. The van der Waals surface area contributed by atoms with E-state index in [0.29, 0.717) is 6.54 Å². The maximum absolute atomic E-state index is 11.3. The molecule has 16 heavy (non-hydrogen) atoms. The molecular weight excluding hydrogens is 208 g/mol. The normalized spacial score (nSPS) is 25.5. The lowest BCUT2D eigenvalue weighted by molar-refractivity contribution is -0.145. The fraction of sp³-hybridized carbons (Fsp3) is 0.636. The lowest BCUT2D eigenvalue weighted by Crippen LogP contribution is -2.32. The van der Waals surface area contributed by atoms with Gasteiger partial charge in [0.15, 0.2) is 0 Å². The summed E-state index contributed by atoms with van der Waals surface area (Å²) in [6.45, 7) is 0.513. The summed E-state index contributed by atoms with van der Waals surface area (Å²) in [5.74, 6) is -0.941. The Morgan fingerprint density at radius 1 is 1.50 bits per heavy atom. The molecule has 1 aromatic rings. The van der Waals surface area contributed by atoms with Crippen molar-refractivity contribution < 1.29 is 9.90 Å². The molecule has 1 aliphatic rings. The lowest BCUT2D eigenvalue weighted by atomic mass is 9.79. The zero-order valence-electron chi connectivity index (χ0n) is 9.06. The van der Waals surface area contributed by atoms with Crippen molar-refractivity contribution in [3.05, 3.63) is 22.9 Å². The van der Waals surface area contributed by atoms with E-state index in [1.807, 2.05) is 0 Å². The third-order valence-electron chi connectivity index (χ3n) is 3.38. The van der Waals surface area contributed by atoms with Crippen LogP contribution in [0.15, 0.2) is 17.2 Å². The fourth-order valence-electron chi connectivity index (χ4n) is 2.50. The van der Waals surface area contributed by atoms with Crippen LogP contribution in [0.3, 0.4) is 0 Å². The summed E-state index contributed by atoms with van der Waals surface area (Å²) in [6, 6.07) is 0. The molecular formula is C11H16N2O3. The first-order valence-electron chi connectivity index (χ1n) is 5.65. The standard InChI is InChI=1S/C11H16N2O3/c14-10(15)9-4-2-1-3-8(9)7-13-6-5-12-11(13)16/h5-6,8-9H,1-4,7H2,(H,12,16)(H,14,15). The molecule has 0 radical (unpaired) electrons. The second-order valence-corrected chi connectivity index (χ2v) is 4.41. The zero-order valence-corrected chi connectivity index (χ0v) is 9.06. The van der Waals surface area contributed by atoms with Crippen LogP contribution in [0.2, 0.25) is 0 Å². The Balaban J connectivity index is 2.10. The quantitative estimate of drug-likeness (QED) is 0.806. The highest BCUT2D eigenvalue weighted by Gasteiger charge is 2.30. The molecule has 1 saturated carbocycles. The van der Waals surface area contributed by atoms with E-state index in [1.165, 1.54) is 0 Å². The van der Waals surface area contributed by atoms with Crippen LogP contribution in [0.1, 0.15) is 25.7 Å². The topological polar surface area (TPSA) is 75.1 Å². The molecule has 0 bridgehead atoms. The van der Waals surface area contributed by atoms with Gasteiger partial charge in [0.2, 0.25) is 0 Å². The average Bonchev–Trinajstić information content (AvgIpc) is 2.65. The molecule has 1 fully saturated rings. The molecule has 2 atom stereocenters. The van der Waals surface area contributed by atoms with Gasteiger partial charge in [-0.25, -0.2) is 4.79 Å². The number of carboxylic acids is 1. The van der Waals surface area contributed by atoms with E-state index in [-0.39, 0.29) is 17.5 Å². The van der Waals surface area contributed by atoms with E-state index in [1.54, 1.807) is 17.0 Å². The van der Waals surface area contributed by atoms with Gasteiger partial charge in [0, 0.05) is 18.9 Å². The highest BCUT2D eigenvalue weighted by Crippen LogP contribution is 2.31. The van der Waals surface area contributed by atoms with E-state index in [9.17, 15) is 9.59 Å². The number of nitrogens with one attached hydrogen (secondary N) is 1. The summed E-state index contributed by atoms with van der Waals surface area (Å²) in [6.07, 6.45) is 6.94. The van der Waals surface area contributed by atoms with Crippen molar-refractivity contribution in [1.82, 2.24) is 9.55 Å². The van der Waals surface area contributed by atoms with Crippen molar-refractivity contribution >= 4 is 5.97 Å². The van der Waals surface area contributed by atoms with E-state index in [2.05, 4.69) is 4.98 Å². The first kappa shape index (κ1) is 11.0. The van der Waals surface area contributed by atoms with Crippen LogP contribution in [-0.4, -0.2) is 20.6 Å². The Morgan fingerprint density at radius 3 is 2.88 bits per heavy atom. The van der Waals surface area contributed by atoms with Gasteiger partial charge in [-0.05, 0) is 18.8 Å². The minimum atomic E-state index is -0.728. The van der Waals surface area contributed by atoms with Crippen LogP contribution in [0.25, 0.3) is 0 Å². The summed E-state index contributed by atoms with van der Waals surface area (Å²) in [5.41, 5.74) is -0.158. The number of hydrogen-bond acceptors (Lipinski definition) is 2. The third kappa shape index (κ3) is 2.18. The summed E-state index contributed by atoms with van der Waals surface area (Å²) in [5, 5.41) is 9.11. The molecule has 2 rings (SSSR count).